The largest absolute Gasteiger partial charge is 0.493 e. The normalized spacial score (nSPS) is 16.2. The third kappa shape index (κ3) is 2.46. The molecule has 22 heavy (non-hydrogen) atoms. The number of ether oxygens (including phenoxy) is 3. The van der Waals surface area contributed by atoms with Crippen LogP contribution in [0.25, 0.3) is 6.08 Å². The molecule has 0 unspecified atom stereocenters. The number of hydrogen-bond donors (Lipinski definition) is 2. The summed E-state index contributed by atoms with van der Waals surface area (Å²) in [6.07, 6.45) is 1.34. The number of carbonyl (C=O) groups excluding carboxylic acids is 3. The zero-order valence-electron chi connectivity index (χ0n) is 11.6. The van der Waals surface area contributed by atoms with Gasteiger partial charge in [0.05, 0.1) is 6.61 Å². The van der Waals surface area contributed by atoms with Crippen molar-refractivity contribution in [2.45, 2.75) is 6.92 Å². The van der Waals surface area contributed by atoms with E-state index in [1.807, 2.05) is 10.6 Å². The Balaban J connectivity index is 2.03. The van der Waals surface area contributed by atoms with E-state index in [2.05, 4.69) is 0 Å². The molecular formula is C14H12N2O6. The molecule has 4 amide bonds. The molecule has 8 heteroatoms. The number of amides is 4. The Morgan fingerprint density at radius 1 is 1.14 bits per heavy atom. The highest BCUT2D eigenvalue weighted by Crippen LogP contribution is 2.39. The topological polar surface area (TPSA) is 103 Å². The van der Waals surface area contributed by atoms with Crippen LogP contribution in [0.2, 0.25) is 0 Å². The molecule has 0 aromatic heterocycles. The van der Waals surface area contributed by atoms with Crippen molar-refractivity contribution < 1.29 is 28.6 Å². The van der Waals surface area contributed by atoms with E-state index in [9.17, 15) is 14.4 Å². The molecule has 0 aliphatic carbocycles. The zero-order chi connectivity index (χ0) is 15.7. The van der Waals surface area contributed by atoms with Gasteiger partial charge in [-0.1, -0.05) is 0 Å². The molecule has 0 bridgehead atoms. The van der Waals surface area contributed by atoms with E-state index in [1.54, 1.807) is 19.1 Å². The van der Waals surface area contributed by atoms with Crippen molar-refractivity contribution in [1.29, 1.82) is 0 Å². The summed E-state index contributed by atoms with van der Waals surface area (Å²) >= 11 is 0. The van der Waals surface area contributed by atoms with Crippen LogP contribution in [0.1, 0.15) is 12.5 Å². The average molecular weight is 304 g/mol. The molecule has 114 valence electrons. The van der Waals surface area contributed by atoms with Crippen molar-refractivity contribution in [3.8, 4) is 17.2 Å². The van der Waals surface area contributed by atoms with Gasteiger partial charge < -0.3 is 14.2 Å². The molecule has 1 fully saturated rings. The first-order chi connectivity index (χ1) is 10.6. The molecule has 0 saturated carbocycles. The molecule has 1 aromatic carbocycles. The van der Waals surface area contributed by atoms with E-state index >= 15 is 0 Å². The highest BCUT2D eigenvalue weighted by Gasteiger charge is 2.28. The molecule has 2 aliphatic rings. The Kier molecular flexibility index (Phi) is 3.42. The Morgan fingerprint density at radius 3 is 2.41 bits per heavy atom. The third-order valence-electron chi connectivity index (χ3n) is 3.05. The smallest absolute Gasteiger partial charge is 0.328 e. The molecule has 8 nitrogen and oxygen atoms in total. The van der Waals surface area contributed by atoms with Crippen LogP contribution in [0, 0.1) is 0 Å². The van der Waals surface area contributed by atoms with E-state index in [0.717, 1.165) is 0 Å². The minimum Gasteiger partial charge on any atom is -0.493 e. The third-order valence-corrected chi connectivity index (χ3v) is 3.05. The van der Waals surface area contributed by atoms with E-state index in [-0.39, 0.29) is 12.4 Å². The number of carbonyl (C=O) groups is 3. The second-order valence-electron chi connectivity index (χ2n) is 4.47. The standard InChI is InChI=1S/C14H12N2O6/c1-2-20-9-5-11-10(21-6-22-11)4-7(9)3-8-12(17)15-14(19)16-13(8)18/h3-5H,2,6H2,1H3,(H2,15,16,17,18,19). The fourth-order valence-electron chi connectivity index (χ4n) is 2.09. The summed E-state index contributed by atoms with van der Waals surface area (Å²) in [5.74, 6) is -0.0826. The second kappa shape index (κ2) is 5.40. The van der Waals surface area contributed by atoms with Crippen LogP contribution in [0.15, 0.2) is 17.7 Å². The molecule has 2 N–H and O–H groups in total. The monoisotopic (exact) mass is 304 g/mol. The molecule has 0 atom stereocenters. The molecule has 2 heterocycles. The van der Waals surface area contributed by atoms with Gasteiger partial charge in [0.1, 0.15) is 11.3 Å². The maximum absolute atomic E-state index is 11.8. The van der Waals surface area contributed by atoms with Gasteiger partial charge in [0.2, 0.25) is 6.79 Å². The Bertz CT molecular complexity index is 688. The lowest BCUT2D eigenvalue weighted by Crippen LogP contribution is -2.51. The van der Waals surface area contributed by atoms with Crippen LogP contribution in [0.5, 0.6) is 17.2 Å². The van der Waals surface area contributed by atoms with Gasteiger partial charge in [0.25, 0.3) is 11.8 Å². The van der Waals surface area contributed by atoms with E-state index in [4.69, 9.17) is 14.2 Å². The van der Waals surface area contributed by atoms with Gasteiger partial charge in [0, 0.05) is 11.6 Å². The zero-order valence-corrected chi connectivity index (χ0v) is 11.6. The SMILES string of the molecule is CCOc1cc2c(cc1C=C1C(=O)NC(=O)NC1=O)OCO2. The van der Waals surface area contributed by atoms with Crippen LogP contribution >= 0.6 is 0 Å². The molecular weight excluding hydrogens is 292 g/mol. The summed E-state index contributed by atoms with van der Waals surface area (Å²) in [6, 6.07) is 2.39. The molecule has 0 radical (unpaired) electrons. The molecule has 2 aliphatic heterocycles. The van der Waals surface area contributed by atoms with Gasteiger partial charge in [-0.15, -0.1) is 0 Å². The summed E-state index contributed by atoms with van der Waals surface area (Å²) in [7, 11) is 0. The lowest BCUT2D eigenvalue weighted by Gasteiger charge is -2.15. The number of benzene rings is 1. The molecule has 1 aromatic rings. The number of rotatable bonds is 3. The number of urea groups is 1. The summed E-state index contributed by atoms with van der Waals surface area (Å²) in [5.41, 5.74) is 0.278. The first-order valence-corrected chi connectivity index (χ1v) is 6.53. The van der Waals surface area contributed by atoms with Crippen molar-refractivity contribution in [3.63, 3.8) is 0 Å². The van der Waals surface area contributed by atoms with Crippen LogP contribution in [0.3, 0.4) is 0 Å². The van der Waals surface area contributed by atoms with Gasteiger partial charge in [-0.3, -0.25) is 20.2 Å². The van der Waals surface area contributed by atoms with Crippen LogP contribution < -0.4 is 24.8 Å². The van der Waals surface area contributed by atoms with E-state index in [0.29, 0.717) is 29.4 Å². The summed E-state index contributed by atoms with van der Waals surface area (Å²) in [4.78, 5) is 34.6. The predicted molar refractivity (Wildman–Crippen MR) is 73.4 cm³/mol. The summed E-state index contributed by atoms with van der Waals surface area (Å²) < 4.78 is 16.0. The van der Waals surface area contributed by atoms with Gasteiger partial charge in [-0.2, -0.15) is 0 Å². The molecule has 1 saturated heterocycles. The summed E-state index contributed by atoms with van der Waals surface area (Å²) in [6.45, 7) is 2.29. The lowest BCUT2D eigenvalue weighted by molar-refractivity contribution is -0.123. The quantitative estimate of drug-likeness (QED) is 0.625. The fraction of sp³-hybridized carbons (Fsp3) is 0.214. The predicted octanol–water partition coefficient (Wildman–Crippen LogP) is 0.563. The first-order valence-electron chi connectivity index (χ1n) is 6.53. The minimum absolute atomic E-state index is 0.0936. The van der Waals surface area contributed by atoms with Crippen molar-refractivity contribution in [1.82, 2.24) is 10.6 Å². The first kappa shape index (κ1) is 13.9. The second-order valence-corrected chi connectivity index (χ2v) is 4.47. The van der Waals surface area contributed by atoms with Crippen molar-refractivity contribution >= 4 is 23.9 Å². The number of barbiturate groups is 1. The van der Waals surface area contributed by atoms with E-state index in [1.165, 1.54) is 6.08 Å². The van der Waals surface area contributed by atoms with Crippen molar-refractivity contribution in [2.75, 3.05) is 13.4 Å². The minimum atomic E-state index is -0.845. The maximum Gasteiger partial charge on any atom is 0.328 e. The Hall–Kier alpha value is -3.03. The Labute approximate surface area is 125 Å². The summed E-state index contributed by atoms with van der Waals surface area (Å²) in [5, 5.41) is 4.02. The fourth-order valence-corrected chi connectivity index (χ4v) is 2.09. The van der Waals surface area contributed by atoms with Crippen LogP contribution in [-0.4, -0.2) is 31.2 Å². The van der Waals surface area contributed by atoms with E-state index < -0.39 is 17.8 Å². The van der Waals surface area contributed by atoms with Crippen LogP contribution in [-0.2, 0) is 9.59 Å². The lowest BCUT2D eigenvalue weighted by atomic mass is 10.1. The van der Waals surface area contributed by atoms with Crippen LogP contribution in [0.4, 0.5) is 4.79 Å². The Morgan fingerprint density at radius 2 is 1.77 bits per heavy atom. The van der Waals surface area contributed by atoms with Gasteiger partial charge in [-0.25, -0.2) is 4.79 Å². The van der Waals surface area contributed by atoms with Gasteiger partial charge >= 0.3 is 6.03 Å². The number of nitrogens with one attached hydrogen (secondary N) is 2. The van der Waals surface area contributed by atoms with Gasteiger partial charge in [0.15, 0.2) is 11.5 Å². The average Bonchev–Trinajstić information content (AvgIpc) is 2.90. The highest BCUT2D eigenvalue weighted by molar-refractivity contribution is 6.31. The van der Waals surface area contributed by atoms with Gasteiger partial charge in [-0.05, 0) is 19.1 Å². The molecule has 0 spiro atoms. The van der Waals surface area contributed by atoms with Crippen molar-refractivity contribution in [2.24, 2.45) is 0 Å². The van der Waals surface area contributed by atoms with Crippen molar-refractivity contribution in [3.05, 3.63) is 23.3 Å². The number of fused-ring (bicyclic) bond motifs is 1. The number of imide groups is 2. The highest BCUT2D eigenvalue weighted by atomic mass is 16.7. The maximum atomic E-state index is 11.8. The molecule has 3 rings (SSSR count). The number of hydrogen-bond acceptors (Lipinski definition) is 6.